The number of anilines is 1. The number of ether oxygens (including phenoxy) is 2. The van der Waals surface area contributed by atoms with Crippen molar-refractivity contribution in [1.29, 1.82) is 0 Å². The summed E-state index contributed by atoms with van der Waals surface area (Å²) >= 11 is 15.2. The number of carbonyl (C=O) groups is 3. The molecule has 0 atom stereocenters. The van der Waals surface area contributed by atoms with E-state index in [-0.39, 0.29) is 48.2 Å². The molecule has 0 spiro atoms. The number of carbonyl (C=O) groups excluding carboxylic acids is 3. The van der Waals surface area contributed by atoms with Gasteiger partial charge in [-0.2, -0.15) is 0 Å². The molecule has 11 nitrogen and oxygen atoms in total. The van der Waals surface area contributed by atoms with Gasteiger partial charge in [0, 0.05) is 35.2 Å². The summed E-state index contributed by atoms with van der Waals surface area (Å²) in [5.74, 6) is -1.50. The van der Waals surface area contributed by atoms with Crippen LogP contribution in [0.1, 0.15) is 49.4 Å². The molecule has 0 saturated carbocycles. The molecule has 0 unspecified atom stereocenters. The van der Waals surface area contributed by atoms with Crippen molar-refractivity contribution < 1.29 is 38.9 Å². The molecule has 238 valence electrons. The van der Waals surface area contributed by atoms with E-state index in [0.29, 0.717) is 18.5 Å². The molecule has 1 fully saturated rings. The lowest BCUT2D eigenvalue weighted by atomic mass is 10.1. The minimum atomic E-state index is -2.05. The number of phenols is 1. The molecule has 3 aromatic carbocycles. The highest BCUT2D eigenvalue weighted by Crippen LogP contribution is 3.04. The number of aromatic hydroxyl groups is 1. The Hall–Kier alpha value is -2.93. The van der Waals surface area contributed by atoms with E-state index in [4.69, 9.17) is 33.1 Å². The van der Waals surface area contributed by atoms with Crippen LogP contribution in [0.15, 0.2) is 66.7 Å². The van der Waals surface area contributed by atoms with Crippen LogP contribution in [0.4, 0.5) is 5.69 Å². The van der Waals surface area contributed by atoms with E-state index < -0.39 is 25.9 Å². The summed E-state index contributed by atoms with van der Waals surface area (Å²) in [6.07, 6.45) is 1.65. The monoisotopic (exact) mass is 726 g/mol. The summed E-state index contributed by atoms with van der Waals surface area (Å²) in [5.41, 5.74) is 0.257. The summed E-state index contributed by atoms with van der Waals surface area (Å²) in [4.78, 5) is 52.5. The third-order valence-electron chi connectivity index (χ3n) is 6.15. The van der Waals surface area contributed by atoms with Crippen LogP contribution in [0.3, 0.4) is 0 Å². The lowest BCUT2D eigenvalue weighted by Gasteiger charge is -2.40. The van der Waals surface area contributed by atoms with E-state index in [9.17, 15) is 29.6 Å². The molecular formula is C28H28N2O9P2S4. The Kier molecular flexibility index (Phi) is 12.1. The lowest BCUT2D eigenvalue weighted by molar-refractivity contribution is -0.757. The number of nitrogens with zero attached hydrogens (tertiary/aromatic N) is 1. The Balaban J connectivity index is 1.45. The van der Waals surface area contributed by atoms with Gasteiger partial charge in [0.1, 0.15) is 22.8 Å². The first kappa shape index (κ1) is 34.9. The fourth-order valence-electron chi connectivity index (χ4n) is 3.91. The van der Waals surface area contributed by atoms with Crippen LogP contribution in [0, 0.1) is 10.1 Å². The molecule has 0 bridgehead atoms. The number of nitrogens with one attached hydrogen (secondary N) is 1. The maximum atomic E-state index is 13.2. The molecule has 1 saturated heterocycles. The smallest absolute Gasteiger partial charge is 0.347 e. The van der Waals surface area contributed by atoms with Crippen molar-refractivity contribution in [2.24, 2.45) is 0 Å². The van der Waals surface area contributed by atoms with Crippen molar-refractivity contribution in [2.75, 3.05) is 11.9 Å². The molecule has 1 aliphatic rings. The largest absolute Gasteiger partial charge is 0.508 e. The van der Waals surface area contributed by atoms with Crippen LogP contribution in [0.5, 0.6) is 17.2 Å². The van der Waals surface area contributed by atoms with Crippen molar-refractivity contribution in [3.8, 4) is 17.2 Å². The summed E-state index contributed by atoms with van der Waals surface area (Å²) in [6.45, 7) is 1.67. The van der Waals surface area contributed by atoms with Crippen molar-refractivity contribution in [3.63, 3.8) is 0 Å². The van der Waals surface area contributed by atoms with Gasteiger partial charge in [-0.05, 0) is 73.5 Å². The van der Waals surface area contributed by atoms with Gasteiger partial charge in [0.2, 0.25) is 5.91 Å². The van der Waals surface area contributed by atoms with Gasteiger partial charge in [-0.1, -0.05) is 59.0 Å². The third kappa shape index (κ3) is 9.54. The highest BCUT2D eigenvalue weighted by Gasteiger charge is 2.45. The first-order valence-electron chi connectivity index (χ1n) is 13.6. The first-order valence-corrected chi connectivity index (χ1v) is 23.2. The number of rotatable bonds is 14. The molecule has 0 radical (unpaired) electrons. The molecule has 1 amide bonds. The second kappa shape index (κ2) is 15.6. The zero-order chi connectivity index (χ0) is 32.6. The lowest BCUT2D eigenvalue weighted by Crippen LogP contribution is -2.16. The molecular weight excluding hydrogens is 699 g/mol. The van der Waals surface area contributed by atoms with Crippen LogP contribution in [-0.4, -0.2) is 34.6 Å². The quantitative estimate of drug-likeness (QED) is 0.0454. The molecule has 2 N–H and O–H groups in total. The molecule has 0 aromatic heterocycles. The second-order valence-electron chi connectivity index (χ2n) is 9.56. The van der Waals surface area contributed by atoms with Crippen LogP contribution in [0.2, 0.25) is 0 Å². The fourth-order valence-corrected chi connectivity index (χ4v) is 46.2. The van der Waals surface area contributed by atoms with Crippen LogP contribution in [0.25, 0.3) is 0 Å². The number of unbranched alkanes of at least 4 members (excludes halogenated alkanes) is 1. The van der Waals surface area contributed by atoms with E-state index in [1.807, 2.05) is 31.2 Å². The predicted molar refractivity (Wildman–Crippen MR) is 185 cm³/mol. The van der Waals surface area contributed by atoms with E-state index >= 15 is 0 Å². The Morgan fingerprint density at radius 3 is 2.13 bits per heavy atom. The highest BCUT2D eigenvalue weighted by molar-refractivity contribution is 9.48. The van der Waals surface area contributed by atoms with E-state index in [1.165, 1.54) is 18.2 Å². The van der Waals surface area contributed by atoms with E-state index in [2.05, 4.69) is 10.2 Å². The molecule has 3 aromatic rings. The average molecular weight is 727 g/mol. The molecule has 1 heterocycles. The summed E-state index contributed by atoms with van der Waals surface area (Å²) in [6, 6.07) is 18.0. The summed E-state index contributed by atoms with van der Waals surface area (Å²) in [7, 11) is 0. The van der Waals surface area contributed by atoms with Gasteiger partial charge in [0.05, 0.1) is 15.5 Å². The van der Waals surface area contributed by atoms with Crippen molar-refractivity contribution in [3.05, 3.63) is 82.4 Å². The van der Waals surface area contributed by atoms with Gasteiger partial charge < -0.3 is 24.7 Å². The van der Waals surface area contributed by atoms with Crippen LogP contribution in [-0.2, 0) is 38.0 Å². The molecule has 0 aliphatic carbocycles. The maximum absolute atomic E-state index is 13.2. The predicted octanol–water partition coefficient (Wildman–Crippen LogP) is 6.68. The van der Waals surface area contributed by atoms with Gasteiger partial charge in [0.15, 0.2) is 0 Å². The standard InChI is InChI=1S/C28H28N2O9P2S4/c1-2-3-5-26(32)29-19-7-16-24(25(18-19)39-27(33)6-4-17-37-30(35)36)28(34)38-21-10-14-23(15-11-21)41(43)44-40(42,45-41)22-12-8-20(31)9-13-22/h7-16,18,31H,2-6,17H2,1H3,(H,29,32). The summed E-state index contributed by atoms with van der Waals surface area (Å²) < 4.78 is 6.97. The number of amides is 1. The van der Waals surface area contributed by atoms with Gasteiger partial charge in [-0.15, -0.1) is 10.1 Å². The van der Waals surface area contributed by atoms with Gasteiger partial charge in [-0.3, -0.25) is 9.59 Å². The molecule has 45 heavy (non-hydrogen) atoms. The number of hydrogen-bond acceptors (Lipinski definition) is 13. The van der Waals surface area contributed by atoms with Crippen molar-refractivity contribution in [2.45, 2.75) is 39.0 Å². The molecule has 4 rings (SSSR count). The van der Waals surface area contributed by atoms with Gasteiger partial charge in [-0.25, -0.2) is 4.79 Å². The van der Waals surface area contributed by atoms with Crippen molar-refractivity contribution >= 4 is 88.6 Å². The van der Waals surface area contributed by atoms with Crippen LogP contribution < -0.4 is 25.4 Å². The number of esters is 2. The minimum absolute atomic E-state index is 0.0203. The van der Waals surface area contributed by atoms with E-state index in [1.54, 1.807) is 46.3 Å². The fraction of sp³-hybridized carbons (Fsp3) is 0.250. The minimum Gasteiger partial charge on any atom is -0.508 e. The average Bonchev–Trinajstić information content (AvgIpc) is 2.98. The Bertz CT molecular complexity index is 1670. The summed E-state index contributed by atoms with van der Waals surface area (Å²) in [5, 5.41) is 23.6. The third-order valence-corrected chi connectivity index (χ3v) is 37.4. The van der Waals surface area contributed by atoms with E-state index in [0.717, 1.165) is 17.0 Å². The molecule has 17 heteroatoms. The second-order valence-corrected chi connectivity index (χ2v) is 30.8. The van der Waals surface area contributed by atoms with Crippen molar-refractivity contribution in [1.82, 2.24) is 0 Å². The number of hydrogen-bond donors (Lipinski definition) is 2. The Morgan fingerprint density at radius 1 is 0.911 bits per heavy atom. The van der Waals surface area contributed by atoms with Crippen LogP contribution >= 0.6 is 30.9 Å². The Labute approximate surface area is 276 Å². The molecule has 1 aliphatic heterocycles. The number of phenolic OH excluding ortho intramolecular Hbond substituents is 1. The van der Waals surface area contributed by atoms with Gasteiger partial charge in [0.25, 0.3) is 5.09 Å². The topological polar surface area (TPSA) is 154 Å². The zero-order valence-electron chi connectivity index (χ0n) is 23.8. The van der Waals surface area contributed by atoms with Gasteiger partial charge >= 0.3 is 11.9 Å². The maximum Gasteiger partial charge on any atom is 0.347 e. The zero-order valence-corrected chi connectivity index (χ0v) is 28.8. The number of benzene rings is 3. The normalized spacial score (nSPS) is 18.7. The Morgan fingerprint density at radius 2 is 1.53 bits per heavy atom. The SMILES string of the molecule is CCCCC(=O)Nc1ccc(C(=O)Oc2ccc(P3(=S)SP(=S)(c4ccc(O)cc4)S3)cc2)c(OC(=O)CCCO[N+](=O)[O-])c1. The highest BCUT2D eigenvalue weighted by atomic mass is 33.7. The first-order chi connectivity index (χ1) is 21.4.